The molecule has 0 N–H and O–H groups in total. The molecular formula is C17H14O. The number of rotatable bonds is 1. The first-order valence-electron chi connectivity index (χ1n) is 6.31. The second-order valence-corrected chi connectivity index (χ2v) is 5.19. The molecule has 0 saturated heterocycles. The Bertz CT molecular complexity index is 644. The van der Waals surface area contributed by atoms with Gasteiger partial charge in [0.15, 0.2) is 0 Å². The zero-order valence-corrected chi connectivity index (χ0v) is 10.3. The van der Waals surface area contributed by atoms with Crippen LogP contribution in [0.5, 0.6) is 0 Å². The average Bonchev–Trinajstić information content (AvgIpc) is 2.92. The Balaban J connectivity index is 2.02. The Kier molecular flexibility index (Phi) is 1.75. The van der Waals surface area contributed by atoms with Crippen molar-refractivity contribution in [2.45, 2.75) is 18.1 Å². The number of hydrogen-bond donors (Lipinski definition) is 0. The molecule has 1 nitrogen and oxygen atoms in total. The molecule has 2 atom stereocenters. The van der Waals surface area contributed by atoms with E-state index in [9.17, 15) is 0 Å². The fourth-order valence-corrected chi connectivity index (χ4v) is 3.20. The van der Waals surface area contributed by atoms with Gasteiger partial charge in [0.05, 0.1) is 0 Å². The zero-order valence-electron chi connectivity index (χ0n) is 10.3. The van der Waals surface area contributed by atoms with Gasteiger partial charge in [-0.25, -0.2) is 0 Å². The van der Waals surface area contributed by atoms with Crippen LogP contribution in [0.25, 0.3) is 0 Å². The van der Waals surface area contributed by atoms with Gasteiger partial charge in [0, 0.05) is 0 Å². The molecule has 0 unspecified atom stereocenters. The average molecular weight is 234 g/mol. The van der Waals surface area contributed by atoms with Crippen LogP contribution in [-0.2, 0) is 15.9 Å². The quantitative estimate of drug-likeness (QED) is 0.683. The van der Waals surface area contributed by atoms with Crippen LogP contribution in [0.3, 0.4) is 0 Å². The first-order valence-corrected chi connectivity index (χ1v) is 6.31. The number of hydrogen-bond acceptors (Lipinski definition) is 1. The predicted molar refractivity (Wildman–Crippen MR) is 71.2 cm³/mol. The standard InChI is InChI=1S/C17H14O/c1-16-11-12-17(18-16,13-7-3-2-4-8-13)15-10-6-5-9-14(15)16/h2-12H,1H3/t16-,17-/m1/s1. The van der Waals surface area contributed by atoms with Crippen LogP contribution >= 0.6 is 0 Å². The molecule has 2 bridgehead atoms. The SMILES string of the molecule is C[C@]12C=C[C@](c3ccccc3)(O1)c1ccccc12. The van der Waals surface area contributed by atoms with Crippen molar-refractivity contribution in [2.75, 3.05) is 0 Å². The maximum atomic E-state index is 6.39. The molecular weight excluding hydrogens is 220 g/mol. The molecule has 2 heterocycles. The van der Waals surface area contributed by atoms with Gasteiger partial charge >= 0.3 is 0 Å². The van der Waals surface area contributed by atoms with E-state index >= 15 is 0 Å². The minimum atomic E-state index is -0.382. The van der Waals surface area contributed by atoms with Crippen LogP contribution in [0.2, 0.25) is 0 Å². The second kappa shape index (κ2) is 3.12. The first kappa shape index (κ1) is 10.1. The Morgan fingerprint density at radius 2 is 1.44 bits per heavy atom. The van der Waals surface area contributed by atoms with E-state index in [1.807, 2.05) is 6.07 Å². The van der Waals surface area contributed by atoms with Crippen LogP contribution in [0.4, 0.5) is 0 Å². The minimum absolute atomic E-state index is 0.271. The Morgan fingerprint density at radius 1 is 0.778 bits per heavy atom. The highest BCUT2D eigenvalue weighted by molar-refractivity contribution is 5.56. The van der Waals surface area contributed by atoms with Crippen molar-refractivity contribution in [1.29, 1.82) is 0 Å². The maximum Gasteiger partial charge on any atom is 0.138 e. The maximum absolute atomic E-state index is 6.39. The molecule has 0 radical (unpaired) electrons. The number of ether oxygens (including phenoxy) is 1. The van der Waals surface area contributed by atoms with Gasteiger partial charge in [0.25, 0.3) is 0 Å². The lowest BCUT2D eigenvalue weighted by Gasteiger charge is -2.25. The molecule has 18 heavy (non-hydrogen) atoms. The molecule has 4 rings (SSSR count). The van der Waals surface area contributed by atoms with Gasteiger partial charge in [0.2, 0.25) is 0 Å². The second-order valence-electron chi connectivity index (χ2n) is 5.19. The van der Waals surface area contributed by atoms with Crippen molar-refractivity contribution in [3.8, 4) is 0 Å². The van der Waals surface area contributed by atoms with Crippen LogP contribution in [0, 0.1) is 0 Å². The van der Waals surface area contributed by atoms with Crippen LogP contribution < -0.4 is 0 Å². The van der Waals surface area contributed by atoms with Crippen molar-refractivity contribution in [2.24, 2.45) is 0 Å². The Hall–Kier alpha value is -1.86. The van der Waals surface area contributed by atoms with Crippen molar-refractivity contribution < 1.29 is 4.74 Å². The van der Waals surface area contributed by atoms with E-state index < -0.39 is 0 Å². The van der Waals surface area contributed by atoms with Gasteiger partial charge in [-0.05, 0) is 35.8 Å². The van der Waals surface area contributed by atoms with E-state index in [0.717, 1.165) is 0 Å². The summed E-state index contributed by atoms with van der Waals surface area (Å²) in [5.74, 6) is 0. The third kappa shape index (κ3) is 1.05. The molecule has 0 amide bonds. The molecule has 1 heteroatoms. The first-order chi connectivity index (χ1) is 8.75. The summed E-state index contributed by atoms with van der Waals surface area (Å²) in [6, 6.07) is 19.0. The van der Waals surface area contributed by atoms with E-state index in [0.29, 0.717) is 0 Å². The summed E-state index contributed by atoms with van der Waals surface area (Å²) in [5.41, 5.74) is 3.12. The third-order valence-corrected chi connectivity index (χ3v) is 4.07. The van der Waals surface area contributed by atoms with Gasteiger partial charge in [-0.15, -0.1) is 0 Å². The van der Waals surface area contributed by atoms with E-state index in [2.05, 4.69) is 67.6 Å². The van der Waals surface area contributed by atoms with Gasteiger partial charge in [-0.3, -0.25) is 0 Å². The third-order valence-electron chi connectivity index (χ3n) is 4.07. The Labute approximate surface area is 107 Å². The molecule has 88 valence electrons. The molecule has 0 saturated carbocycles. The molecule has 2 aliphatic heterocycles. The van der Waals surface area contributed by atoms with Gasteiger partial charge < -0.3 is 4.74 Å². The normalized spacial score (nSPS) is 31.6. The van der Waals surface area contributed by atoms with Crippen LogP contribution in [0.1, 0.15) is 23.6 Å². The monoisotopic (exact) mass is 234 g/mol. The molecule has 0 fully saturated rings. The smallest absolute Gasteiger partial charge is 0.138 e. The highest BCUT2D eigenvalue weighted by Gasteiger charge is 2.53. The van der Waals surface area contributed by atoms with Crippen LogP contribution in [0.15, 0.2) is 66.7 Å². The van der Waals surface area contributed by atoms with E-state index in [4.69, 9.17) is 4.74 Å². The molecule has 2 aromatic rings. The topological polar surface area (TPSA) is 9.23 Å². The summed E-state index contributed by atoms with van der Waals surface area (Å²) in [6.07, 6.45) is 4.38. The highest BCUT2D eigenvalue weighted by Crippen LogP contribution is 2.56. The molecule has 2 aromatic carbocycles. The number of fused-ring (bicyclic) bond motifs is 5. The van der Waals surface area contributed by atoms with Crippen molar-refractivity contribution >= 4 is 0 Å². The summed E-state index contributed by atoms with van der Waals surface area (Å²) in [7, 11) is 0. The lowest BCUT2D eigenvalue weighted by molar-refractivity contribution is -0.0369. The predicted octanol–water partition coefficient (Wildman–Crippen LogP) is 3.75. The molecule has 2 aliphatic rings. The van der Waals surface area contributed by atoms with Gasteiger partial charge in [0.1, 0.15) is 11.2 Å². The summed E-state index contributed by atoms with van der Waals surface area (Å²) < 4.78 is 6.39. The van der Waals surface area contributed by atoms with Crippen molar-refractivity contribution in [1.82, 2.24) is 0 Å². The summed E-state index contributed by atoms with van der Waals surface area (Å²) in [4.78, 5) is 0. The van der Waals surface area contributed by atoms with E-state index in [-0.39, 0.29) is 11.2 Å². The van der Waals surface area contributed by atoms with Crippen LogP contribution in [-0.4, -0.2) is 0 Å². The lowest BCUT2D eigenvalue weighted by atomic mass is 9.79. The zero-order chi connectivity index (χ0) is 12.2. The fourth-order valence-electron chi connectivity index (χ4n) is 3.20. The summed E-state index contributed by atoms with van der Waals surface area (Å²) >= 11 is 0. The molecule has 0 aromatic heterocycles. The molecule has 0 spiro atoms. The molecule has 0 aliphatic carbocycles. The highest BCUT2D eigenvalue weighted by atomic mass is 16.5. The van der Waals surface area contributed by atoms with Gasteiger partial charge in [-0.2, -0.15) is 0 Å². The summed E-state index contributed by atoms with van der Waals surface area (Å²) in [5, 5.41) is 0. The van der Waals surface area contributed by atoms with Crippen molar-refractivity contribution in [3.63, 3.8) is 0 Å². The summed E-state index contributed by atoms with van der Waals surface area (Å²) in [6.45, 7) is 2.14. The fraction of sp³-hybridized carbons (Fsp3) is 0.176. The lowest BCUT2D eigenvalue weighted by Crippen LogP contribution is -2.23. The van der Waals surface area contributed by atoms with Crippen molar-refractivity contribution in [3.05, 3.63) is 83.4 Å². The minimum Gasteiger partial charge on any atom is -0.346 e. The Morgan fingerprint density at radius 3 is 2.22 bits per heavy atom. The largest absolute Gasteiger partial charge is 0.346 e. The van der Waals surface area contributed by atoms with E-state index in [1.165, 1.54) is 16.7 Å². The number of benzene rings is 2. The van der Waals surface area contributed by atoms with Gasteiger partial charge in [-0.1, -0.05) is 54.6 Å². The van der Waals surface area contributed by atoms with E-state index in [1.54, 1.807) is 0 Å².